The third-order valence-corrected chi connectivity index (χ3v) is 5.49. The summed E-state index contributed by atoms with van der Waals surface area (Å²) in [6.45, 7) is 4.70. The number of amides is 1. The second-order valence-corrected chi connectivity index (χ2v) is 7.82. The first kappa shape index (κ1) is 17.8. The maximum Gasteiger partial charge on any atom is 0.231 e. The van der Waals surface area contributed by atoms with Gasteiger partial charge >= 0.3 is 0 Å². The molecule has 1 aromatic heterocycles. The van der Waals surface area contributed by atoms with Crippen molar-refractivity contribution >= 4 is 22.4 Å². The third-order valence-electron chi connectivity index (χ3n) is 4.60. The second-order valence-electron chi connectivity index (χ2n) is 6.70. The number of rotatable bonds is 3. The van der Waals surface area contributed by atoms with Gasteiger partial charge in [0.15, 0.2) is 16.6 Å². The zero-order chi connectivity index (χ0) is 18.6. The summed E-state index contributed by atoms with van der Waals surface area (Å²) in [6.07, 6.45) is 3.98. The normalized spacial score (nSPS) is 16.6. The van der Waals surface area contributed by atoms with E-state index in [2.05, 4.69) is 27.0 Å². The number of thiazole rings is 1. The zero-order valence-corrected chi connectivity index (χ0v) is 16.0. The van der Waals surface area contributed by atoms with Gasteiger partial charge in [0, 0.05) is 36.0 Å². The molecule has 0 bridgehead atoms. The summed E-state index contributed by atoms with van der Waals surface area (Å²) in [5.41, 5.74) is 0.969. The molecule has 6 nitrogen and oxygen atoms in total. The van der Waals surface area contributed by atoms with E-state index < -0.39 is 0 Å². The first-order valence-electron chi connectivity index (χ1n) is 9.01. The van der Waals surface area contributed by atoms with Crippen molar-refractivity contribution in [3.63, 3.8) is 0 Å². The van der Waals surface area contributed by atoms with Crippen molar-refractivity contribution in [1.82, 2.24) is 9.88 Å². The SMILES string of the molecule is CC(=O)Nc1ncc(CN2CCC(C#Cc3ccc4c(c3)OCO4)CC2)s1. The van der Waals surface area contributed by atoms with E-state index in [1.165, 1.54) is 23.1 Å². The fraction of sp³-hybridized carbons (Fsp3) is 0.400. The molecule has 2 aliphatic heterocycles. The Kier molecular flexibility index (Phi) is 5.28. The molecule has 1 amide bonds. The molecule has 0 aliphatic carbocycles. The van der Waals surface area contributed by atoms with Crippen LogP contribution in [0.5, 0.6) is 11.5 Å². The van der Waals surface area contributed by atoms with E-state index in [4.69, 9.17) is 9.47 Å². The highest BCUT2D eigenvalue weighted by atomic mass is 32.1. The fourth-order valence-electron chi connectivity index (χ4n) is 3.20. The van der Waals surface area contributed by atoms with Gasteiger partial charge in [-0.25, -0.2) is 4.98 Å². The molecule has 2 aliphatic rings. The molecule has 1 aromatic carbocycles. The van der Waals surface area contributed by atoms with Gasteiger partial charge in [-0.3, -0.25) is 9.69 Å². The lowest BCUT2D eigenvalue weighted by atomic mass is 9.97. The van der Waals surface area contributed by atoms with Crippen molar-refractivity contribution in [3.8, 4) is 23.3 Å². The van der Waals surface area contributed by atoms with Gasteiger partial charge in [0.05, 0.1) is 0 Å². The van der Waals surface area contributed by atoms with E-state index in [9.17, 15) is 4.79 Å². The molecular formula is C20H21N3O3S. The third kappa shape index (κ3) is 4.59. The van der Waals surface area contributed by atoms with Crippen LogP contribution in [-0.2, 0) is 11.3 Å². The molecule has 7 heteroatoms. The Bertz CT molecular complexity index is 891. The topological polar surface area (TPSA) is 63.7 Å². The zero-order valence-electron chi connectivity index (χ0n) is 15.2. The highest BCUT2D eigenvalue weighted by molar-refractivity contribution is 7.15. The van der Waals surface area contributed by atoms with E-state index in [-0.39, 0.29) is 12.7 Å². The van der Waals surface area contributed by atoms with Crippen molar-refractivity contribution in [2.45, 2.75) is 26.3 Å². The minimum atomic E-state index is -0.0854. The quantitative estimate of drug-likeness (QED) is 0.826. The summed E-state index contributed by atoms with van der Waals surface area (Å²) in [5, 5.41) is 3.40. The number of nitrogens with one attached hydrogen (secondary N) is 1. The lowest BCUT2D eigenvalue weighted by molar-refractivity contribution is -0.114. The number of benzene rings is 1. The molecule has 27 heavy (non-hydrogen) atoms. The number of likely N-dealkylation sites (tertiary alicyclic amines) is 1. The predicted octanol–water partition coefficient (Wildman–Crippen LogP) is 3.09. The number of hydrogen-bond acceptors (Lipinski definition) is 6. The summed E-state index contributed by atoms with van der Waals surface area (Å²) >= 11 is 1.54. The Labute approximate surface area is 162 Å². The molecule has 2 aromatic rings. The van der Waals surface area contributed by atoms with Gasteiger partial charge in [-0.15, -0.1) is 11.3 Å². The number of ether oxygens (including phenoxy) is 2. The monoisotopic (exact) mass is 383 g/mol. The summed E-state index contributed by atoms with van der Waals surface area (Å²) < 4.78 is 10.7. The molecule has 0 spiro atoms. The predicted molar refractivity (Wildman–Crippen MR) is 104 cm³/mol. The van der Waals surface area contributed by atoms with Crippen molar-refractivity contribution in [2.75, 3.05) is 25.2 Å². The summed E-state index contributed by atoms with van der Waals surface area (Å²) in [6, 6.07) is 5.84. The number of nitrogens with zero attached hydrogens (tertiary/aromatic N) is 2. The lowest BCUT2D eigenvalue weighted by Crippen LogP contribution is -2.32. The molecule has 1 saturated heterocycles. The molecule has 1 N–H and O–H groups in total. The number of hydrogen-bond donors (Lipinski definition) is 1. The van der Waals surface area contributed by atoms with Crippen LogP contribution in [0.15, 0.2) is 24.4 Å². The standard InChI is InChI=1S/C20H21N3O3S/c1-14(24)22-20-21-11-17(27-20)12-23-8-6-15(7-9-23)2-3-16-4-5-18-19(10-16)26-13-25-18/h4-5,10-11,15H,6-9,12-13H2,1H3,(H,21,22,24). The van der Waals surface area contributed by atoms with Crippen LogP contribution in [0.2, 0.25) is 0 Å². The molecule has 0 saturated carbocycles. The Hall–Kier alpha value is -2.56. The molecule has 0 atom stereocenters. The summed E-state index contributed by atoms with van der Waals surface area (Å²) in [5.74, 6) is 8.59. The van der Waals surface area contributed by atoms with Crippen LogP contribution >= 0.6 is 11.3 Å². The van der Waals surface area contributed by atoms with Crippen LogP contribution in [-0.4, -0.2) is 35.7 Å². The van der Waals surface area contributed by atoms with E-state index in [1.54, 1.807) is 0 Å². The van der Waals surface area contributed by atoms with E-state index in [1.807, 2.05) is 24.4 Å². The number of anilines is 1. The van der Waals surface area contributed by atoms with Gasteiger partial charge in [0.25, 0.3) is 0 Å². The Morgan fingerprint density at radius 3 is 2.96 bits per heavy atom. The first-order valence-corrected chi connectivity index (χ1v) is 9.83. The van der Waals surface area contributed by atoms with Gasteiger partial charge < -0.3 is 14.8 Å². The molecule has 1 fully saturated rings. The Morgan fingerprint density at radius 1 is 1.33 bits per heavy atom. The maximum absolute atomic E-state index is 11.1. The van der Waals surface area contributed by atoms with Crippen LogP contribution in [0.25, 0.3) is 0 Å². The van der Waals surface area contributed by atoms with Gasteiger partial charge in [0.2, 0.25) is 12.7 Å². The van der Waals surface area contributed by atoms with E-state index >= 15 is 0 Å². The minimum Gasteiger partial charge on any atom is -0.454 e. The maximum atomic E-state index is 11.1. The Balaban J connectivity index is 1.28. The number of carbonyl (C=O) groups excluding carboxylic acids is 1. The smallest absolute Gasteiger partial charge is 0.231 e. The van der Waals surface area contributed by atoms with E-state index in [0.717, 1.165) is 49.5 Å². The number of piperidine rings is 1. The highest BCUT2D eigenvalue weighted by Crippen LogP contribution is 2.32. The van der Waals surface area contributed by atoms with Crippen molar-refractivity contribution in [1.29, 1.82) is 0 Å². The average molecular weight is 383 g/mol. The van der Waals surface area contributed by atoms with Crippen LogP contribution in [0, 0.1) is 17.8 Å². The van der Waals surface area contributed by atoms with Crippen molar-refractivity contribution in [2.24, 2.45) is 5.92 Å². The van der Waals surface area contributed by atoms with Crippen molar-refractivity contribution < 1.29 is 14.3 Å². The van der Waals surface area contributed by atoms with Gasteiger partial charge in [0.1, 0.15) is 0 Å². The van der Waals surface area contributed by atoms with Crippen LogP contribution in [0.1, 0.15) is 30.2 Å². The van der Waals surface area contributed by atoms with Crippen LogP contribution in [0.4, 0.5) is 5.13 Å². The summed E-state index contributed by atoms with van der Waals surface area (Å²) in [4.78, 5) is 18.9. The highest BCUT2D eigenvalue weighted by Gasteiger charge is 2.19. The van der Waals surface area contributed by atoms with Gasteiger partial charge in [-0.05, 0) is 44.1 Å². The summed E-state index contributed by atoms with van der Waals surface area (Å²) in [7, 11) is 0. The van der Waals surface area contributed by atoms with Crippen molar-refractivity contribution in [3.05, 3.63) is 34.8 Å². The minimum absolute atomic E-state index is 0.0854. The Morgan fingerprint density at radius 2 is 2.15 bits per heavy atom. The number of fused-ring (bicyclic) bond motifs is 1. The molecule has 140 valence electrons. The first-order chi connectivity index (χ1) is 13.2. The molecule has 0 unspecified atom stereocenters. The molecular weight excluding hydrogens is 362 g/mol. The molecule has 3 heterocycles. The fourth-order valence-corrected chi connectivity index (χ4v) is 4.11. The van der Waals surface area contributed by atoms with Gasteiger partial charge in [-0.1, -0.05) is 11.8 Å². The lowest BCUT2D eigenvalue weighted by Gasteiger charge is -2.29. The van der Waals surface area contributed by atoms with Gasteiger partial charge in [-0.2, -0.15) is 0 Å². The van der Waals surface area contributed by atoms with Crippen LogP contribution in [0.3, 0.4) is 0 Å². The molecule has 0 radical (unpaired) electrons. The van der Waals surface area contributed by atoms with Crippen LogP contribution < -0.4 is 14.8 Å². The second kappa shape index (κ2) is 7.99. The van der Waals surface area contributed by atoms with E-state index in [0.29, 0.717) is 11.0 Å². The largest absolute Gasteiger partial charge is 0.454 e. The number of aromatic nitrogens is 1. The number of carbonyl (C=O) groups is 1. The molecule has 4 rings (SSSR count). The average Bonchev–Trinajstić information content (AvgIpc) is 3.29.